The second-order valence-electron chi connectivity index (χ2n) is 7.46. The number of hydrogen-bond acceptors (Lipinski definition) is 6. The van der Waals surface area contributed by atoms with E-state index >= 15 is 0 Å². The number of rotatable bonds is 9. The van der Waals surface area contributed by atoms with Gasteiger partial charge < -0.3 is 19.2 Å². The quantitative estimate of drug-likeness (QED) is 0.430. The van der Waals surface area contributed by atoms with Crippen molar-refractivity contribution >= 4 is 21.7 Å². The molecule has 0 aliphatic heterocycles. The van der Waals surface area contributed by atoms with Crippen LogP contribution in [0.3, 0.4) is 0 Å². The number of aromatic nitrogens is 2. The van der Waals surface area contributed by atoms with Crippen LogP contribution >= 0.6 is 0 Å². The summed E-state index contributed by atoms with van der Waals surface area (Å²) in [6.07, 6.45) is 0. The Morgan fingerprint density at radius 2 is 1.72 bits per heavy atom. The lowest BCUT2D eigenvalue weighted by atomic mass is 10.1. The zero-order valence-corrected chi connectivity index (χ0v) is 18.6. The number of ether oxygens (including phenoxy) is 3. The molecule has 3 aromatic carbocycles. The third-order valence-electron chi connectivity index (χ3n) is 5.48. The van der Waals surface area contributed by atoms with E-state index in [1.54, 1.807) is 26.4 Å². The molecule has 0 aliphatic carbocycles. The van der Waals surface area contributed by atoms with Gasteiger partial charge in [-0.15, -0.1) is 0 Å². The molecule has 1 aromatic heterocycles. The summed E-state index contributed by atoms with van der Waals surface area (Å²) in [5.74, 6) is 2.49. The molecular formula is C25H27N3O4. The number of nitrogens with one attached hydrogen (secondary N) is 1. The molecule has 0 saturated heterocycles. The van der Waals surface area contributed by atoms with Crippen LogP contribution < -0.4 is 19.8 Å². The van der Waals surface area contributed by atoms with E-state index in [1.165, 1.54) is 5.39 Å². The molecule has 7 heteroatoms. The molecular weight excluding hydrogens is 406 g/mol. The summed E-state index contributed by atoms with van der Waals surface area (Å²) in [6.45, 7) is 4.63. The number of nitrogens with zero attached hydrogens (tertiary/aromatic N) is 2. The van der Waals surface area contributed by atoms with Crippen LogP contribution in [0.2, 0.25) is 0 Å². The zero-order chi connectivity index (χ0) is 22.5. The van der Waals surface area contributed by atoms with Crippen LogP contribution in [0.4, 0.5) is 0 Å². The number of fused-ring (bicyclic) bond motifs is 2. The molecule has 0 fully saturated rings. The van der Waals surface area contributed by atoms with Gasteiger partial charge in [0.25, 0.3) is 5.56 Å². The summed E-state index contributed by atoms with van der Waals surface area (Å²) >= 11 is 0. The summed E-state index contributed by atoms with van der Waals surface area (Å²) in [5, 5.41) is 2.81. The van der Waals surface area contributed by atoms with Gasteiger partial charge >= 0.3 is 0 Å². The number of H-pyrrole nitrogens is 1. The monoisotopic (exact) mass is 433 g/mol. The van der Waals surface area contributed by atoms with Gasteiger partial charge in [0.05, 0.1) is 31.7 Å². The van der Waals surface area contributed by atoms with Crippen LogP contribution in [0.5, 0.6) is 17.2 Å². The van der Waals surface area contributed by atoms with Gasteiger partial charge in [0, 0.05) is 12.6 Å². The van der Waals surface area contributed by atoms with Gasteiger partial charge in [-0.1, -0.05) is 37.3 Å². The maximum atomic E-state index is 12.6. The number of likely N-dealkylation sites (N-methyl/N-ethyl adjacent to an activating group) is 1. The molecule has 1 N–H and O–H groups in total. The lowest BCUT2D eigenvalue weighted by Gasteiger charge is -2.20. The van der Waals surface area contributed by atoms with E-state index in [9.17, 15) is 4.79 Å². The molecule has 0 unspecified atom stereocenters. The second-order valence-corrected chi connectivity index (χ2v) is 7.46. The van der Waals surface area contributed by atoms with Crippen molar-refractivity contribution in [3.05, 3.63) is 70.8 Å². The van der Waals surface area contributed by atoms with E-state index in [4.69, 9.17) is 14.2 Å². The smallest absolute Gasteiger partial charge is 0.258 e. The second kappa shape index (κ2) is 9.70. The Morgan fingerprint density at radius 3 is 2.47 bits per heavy atom. The normalized spacial score (nSPS) is 11.2. The van der Waals surface area contributed by atoms with E-state index < -0.39 is 0 Å². The van der Waals surface area contributed by atoms with Crippen molar-refractivity contribution in [2.75, 3.05) is 33.9 Å². The van der Waals surface area contributed by atoms with Crippen LogP contribution in [-0.2, 0) is 6.54 Å². The fourth-order valence-electron chi connectivity index (χ4n) is 3.70. The molecule has 0 amide bonds. The lowest BCUT2D eigenvalue weighted by Crippen LogP contribution is -2.29. The maximum absolute atomic E-state index is 12.6. The Kier molecular flexibility index (Phi) is 6.56. The largest absolute Gasteiger partial charge is 0.493 e. The zero-order valence-electron chi connectivity index (χ0n) is 18.6. The van der Waals surface area contributed by atoms with E-state index in [0.717, 1.165) is 17.7 Å². The molecule has 0 spiro atoms. The van der Waals surface area contributed by atoms with Gasteiger partial charge in [0.15, 0.2) is 11.5 Å². The molecule has 4 aromatic rings. The highest BCUT2D eigenvalue weighted by Crippen LogP contribution is 2.30. The Morgan fingerprint density at radius 1 is 0.969 bits per heavy atom. The Bertz CT molecular complexity index is 1290. The summed E-state index contributed by atoms with van der Waals surface area (Å²) in [6, 6.07) is 17.7. The SMILES string of the molecule is CCN(CCOc1ccc2ccccc2c1)Cc1nc2cc(OC)c(OC)cc2c(=O)[nH]1. The Balaban J connectivity index is 1.44. The minimum absolute atomic E-state index is 0.200. The van der Waals surface area contributed by atoms with Crippen molar-refractivity contribution in [2.24, 2.45) is 0 Å². The first-order chi connectivity index (χ1) is 15.6. The van der Waals surface area contributed by atoms with Crippen molar-refractivity contribution in [3.8, 4) is 17.2 Å². The first-order valence-corrected chi connectivity index (χ1v) is 10.6. The molecule has 1 heterocycles. The molecule has 0 bridgehead atoms. The predicted octanol–water partition coefficient (Wildman–Crippen LogP) is 3.99. The minimum Gasteiger partial charge on any atom is -0.493 e. The highest BCUT2D eigenvalue weighted by Gasteiger charge is 2.13. The maximum Gasteiger partial charge on any atom is 0.258 e. The van der Waals surface area contributed by atoms with Crippen molar-refractivity contribution < 1.29 is 14.2 Å². The van der Waals surface area contributed by atoms with Crippen molar-refractivity contribution in [2.45, 2.75) is 13.5 Å². The fraction of sp³-hybridized carbons (Fsp3) is 0.280. The van der Waals surface area contributed by atoms with Gasteiger partial charge in [0.1, 0.15) is 18.2 Å². The van der Waals surface area contributed by atoms with Crippen molar-refractivity contribution in [3.63, 3.8) is 0 Å². The number of benzene rings is 3. The van der Waals surface area contributed by atoms with E-state index in [2.05, 4.69) is 46.1 Å². The van der Waals surface area contributed by atoms with Gasteiger partial charge in [0.2, 0.25) is 0 Å². The standard InChI is InChI=1S/C25H27N3O4/c1-4-28(11-12-32-19-10-9-17-7-5-6-8-18(17)13-19)16-24-26-21-15-23(31-3)22(30-2)14-20(21)25(29)27-24/h5-10,13-15H,4,11-12,16H2,1-3H3,(H,26,27,29). The first kappa shape index (κ1) is 21.6. The van der Waals surface area contributed by atoms with E-state index in [1.807, 2.05) is 18.2 Å². The summed E-state index contributed by atoms with van der Waals surface area (Å²) in [7, 11) is 3.10. The van der Waals surface area contributed by atoms with Crippen LogP contribution in [0.25, 0.3) is 21.7 Å². The van der Waals surface area contributed by atoms with Crippen LogP contribution in [0.1, 0.15) is 12.7 Å². The van der Waals surface area contributed by atoms with Gasteiger partial charge in [-0.05, 0) is 35.5 Å². The molecule has 0 atom stereocenters. The fourth-order valence-corrected chi connectivity index (χ4v) is 3.70. The predicted molar refractivity (Wildman–Crippen MR) is 126 cm³/mol. The number of methoxy groups -OCH3 is 2. The number of hydrogen-bond donors (Lipinski definition) is 1. The molecule has 0 aliphatic rings. The first-order valence-electron chi connectivity index (χ1n) is 10.6. The van der Waals surface area contributed by atoms with Gasteiger partial charge in [-0.25, -0.2) is 4.98 Å². The van der Waals surface area contributed by atoms with Gasteiger partial charge in [-0.3, -0.25) is 9.69 Å². The molecule has 4 rings (SSSR count). The molecule has 32 heavy (non-hydrogen) atoms. The highest BCUT2D eigenvalue weighted by molar-refractivity contribution is 5.83. The van der Waals surface area contributed by atoms with Crippen LogP contribution in [0, 0.1) is 0 Å². The average Bonchev–Trinajstić information content (AvgIpc) is 2.82. The average molecular weight is 434 g/mol. The Hall–Kier alpha value is -3.58. The topological polar surface area (TPSA) is 76.7 Å². The van der Waals surface area contributed by atoms with Crippen LogP contribution in [-0.4, -0.2) is 48.8 Å². The highest BCUT2D eigenvalue weighted by atomic mass is 16.5. The van der Waals surface area contributed by atoms with E-state index in [-0.39, 0.29) is 5.56 Å². The summed E-state index contributed by atoms with van der Waals surface area (Å²) in [4.78, 5) is 22.3. The summed E-state index contributed by atoms with van der Waals surface area (Å²) in [5.41, 5.74) is 0.374. The van der Waals surface area contributed by atoms with E-state index in [0.29, 0.717) is 47.9 Å². The van der Waals surface area contributed by atoms with Crippen LogP contribution in [0.15, 0.2) is 59.4 Å². The third-order valence-corrected chi connectivity index (χ3v) is 5.48. The van der Waals surface area contributed by atoms with Gasteiger partial charge in [-0.2, -0.15) is 0 Å². The minimum atomic E-state index is -0.200. The van der Waals surface area contributed by atoms with Crippen molar-refractivity contribution in [1.29, 1.82) is 0 Å². The molecule has 0 saturated carbocycles. The number of aromatic amines is 1. The molecule has 7 nitrogen and oxygen atoms in total. The third kappa shape index (κ3) is 4.68. The van der Waals surface area contributed by atoms with Crippen molar-refractivity contribution in [1.82, 2.24) is 14.9 Å². The molecule has 0 radical (unpaired) electrons. The summed E-state index contributed by atoms with van der Waals surface area (Å²) < 4.78 is 16.6. The lowest BCUT2D eigenvalue weighted by molar-refractivity contribution is 0.207. The Labute approximate surface area is 186 Å². The molecule has 166 valence electrons.